The minimum atomic E-state index is -0.311. The molecule has 0 rings (SSSR count). The van der Waals surface area contributed by atoms with E-state index in [9.17, 15) is 9.59 Å². The highest BCUT2D eigenvalue weighted by Crippen LogP contribution is 1.85. The first-order valence-electron chi connectivity index (χ1n) is 3.85. The Bertz CT molecular complexity index is 193. The van der Waals surface area contributed by atoms with Gasteiger partial charge in [0.05, 0.1) is 13.1 Å². The number of carbonyl (C=O) groups excluding carboxylic acids is 2. The van der Waals surface area contributed by atoms with Crippen molar-refractivity contribution in [3.8, 4) is 0 Å². The largest absolute Gasteiger partial charge is 0.348 e. The zero-order valence-corrected chi connectivity index (χ0v) is 8.20. The molecule has 0 radical (unpaired) electrons. The van der Waals surface area contributed by atoms with Crippen LogP contribution < -0.4 is 11.3 Å². The van der Waals surface area contributed by atoms with Gasteiger partial charge in [0, 0.05) is 14.1 Å². The first kappa shape index (κ1) is 11.9. The molecule has 6 heteroatoms. The predicted octanol–water partition coefficient (Wildman–Crippen LogP) is -2.00. The van der Waals surface area contributed by atoms with Gasteiger partial charge in [0.25, 0.3) is 0 Å². The minimum Gasteiger partial charge on any atom is -0.348 e. The Balaban J connectivity index is 3.80. The number of amides is 2. The van der Waals surface area contributed by atoms with Gasteiger partial charge in [-0.25, -0.2) is 5.84 Å². The Morgan fingerprint density at radius 2 is 1.77 bits per heavy atom. The van der Waals surface area contributed by atoms with Gasteiger partial charge in [-0.15, -0.1) is 0 Å². The molecule has 2 amide bonds. The summed E-state index contributed by atoms with van der Waals surface area (Å²) in [5, 5.41) is 0. The Labute approximate surface area is 77.6 Å². The molecule has 0 spiro atoms. The molecule has 0 aromatic carbocycles. The zero-order chi connectivity index (χ0) is 10.4. The Morgan fingerprint density at radius 3 is 2.15 bits per heavy atom. The summed E-state index contributed by atoms with van der Waals surface area (Å²) in [4.78, 5) is 25.0. The summed E-state index contributed by atoms with van der Waals surface area (Å²) in [6.45, 7) is 0.330. The van der Waals surface area contributed by atoms with Crippen molar-refractivity contribution in [3.05, 3.63) is 0 Å². The van der Waals surface area contributed by atoms with Crippen LogP contribution >= 0.6 is 0 Å². The first-order chi connectivity index (χ1) is 5.97. The van der Waals surface area contributed by atoms with Crippen LogP contribution in [0.3, 0.4) is 0 Å². The molecule has 0 unspecified atom stereocenters. The number of nitrogens with zero attached hydrogens (tertiary/aromatic N) is 2. The maximum Gasteiger partial charge on any atom is 0.248 e. The molecule has 0 fully saturated rings. The van der Waals surface area contributed by atoms with Gasteiger partial charge < -0.3 is 4.90 Å². The summed E-state index contributed by atoms with van der Waals surface area (Å²) >= 11 is 0. The lowest BCUT2D eigenvalue weighted by atomic mass is 10.4. The molecular weight excluding hydrogens is 172 g/mol. The number of likely N-dealkylation sites (N-methyl/N-ethyl adjacent to an activating group) is 2. The second kappa shape index (κ2) is 5.50. The third-order valence-electron chi connectivity index (χ3n) is 1.48. The predicted molar refractivity (Wildman–Crippen MR) is 48.5 cm³/mol. The van der Waals surface area contributed by atoms with Crippen LogP contribution in [0.4, 0.5) is 0 Å². The number of carbonyl (C=O) groups is 2. The minimum absolute atomic E-state index is 0.0488. The van der Waals surface area contributed by atoms with Gasteiger partial charge in [-0.3, -0.25) is 19.9 Å². The van der Waals surface area contributed by atoms with E-state index in [-0.39, 0.29) is 24.9 Å². The number of nitrogens with one attached hydrogen (secondary N) is 1. The maximum absolute atomic E-state index is 11.1. The lowest BCUT2D eigenvalue weighted by Crippen LogP contribution is -2.42. The van der Waals surface area contributed by atoms with Crippen molar-refractivity contribution >= 4 is 11.8 Å². The lowest BCUT2D eigenvalue weighted by molar-refractivity contribution is -0.130. The van der Waals surface area contributed by atoms with Crippen LogP contribution in [0.2, 0.25) is 0 Å². The van der Waals surface area contributed by atoms with Crippen molar-refractivity contribution in [2.45, 2.75) is 0 Å². The van der Waals surface area contributed by atoms with Crippen molar-refractivity contribution in [3.63, 3.8) is 0 Å². The van der Waals surface area contributed by atoms with E-state index in [0.29, 0.717) is 0 Å². The van der Waals surface area contributed by atoms with Gasteiger partial charge in [-0.2, -0.15) is 0 Å². The molecule has 6 nitrogen and oxygen atoms in total. The number of rotatable bonds is 4. The lowest BCUT2D eigenvalue weighted by Gasteiger charge is -2.17. The van der Waals surface area contributed by atoms with E-state index in [0.717, 1.165) is 0 Å². The molecule has 13 heavy (non-hydrogen) atoms. The standard InChI is InChI=1S/C7H16N4O2/c1-10(2)7(13)5-11(3)4-6(12)9-8/h4-5,8H2,1-3H3,(H,9,12). The highest BCUT2D eigenvalue weighted by Gasteiger charge is 2.10. The molecule has 0 aliphatic carbocycles. The third kappa shape index (κ3) is 5.15. The van der Waals surface area contributed by atoms with Gasteiger partial charge in [-0.1, -0.05) is 0 Å². The van der Waals surface area contributed by atoms with Gasteiger partial charge >= 0.3 is 0 Å². The fourth-order valence-electron chi connectivity index (χ4n) is 0.719. The van der Waals surface area contributed by atoms with Crippen LogP contribution in [-0.2, 0) is 9.59 Å². The monoisotopic (exact) mass is 188 g/mol. The van der Waals surface area contributed by atoms with E-state index < -0.39 is 0 Å². The fraction of sp³-hybridized carbons (Fsp3) is 0.714. The summed E-state index contributed by atoms with van der Waals surface area (Å²) in [6.07, 6.45) is 0. The molecule has 0 atom stereocenters. The Kier molecular flexibility index (Phi) is 5.01. The molecule has 76 valence electrons. The number of hydrogen-bond acceptors (Lipinski definition) is 4. The maximum atomic E-state index is 11.1. The average Bonchev–Trinajstić information content (AvgIpc) is 2.03. The van der Waals surface area contributed by atoms with E-state index in [1.165, 1.54) is 4.90 Å². The third-order valence-corrected chi connectivity index (χ3v) is 1.48. The smallest absolute Gasteiger partial charge is 0.248 e. The molecule has 0 aromatic rings. The van der Waals surface area contributed by atoms with Crippen LogP contribution in [0.15, 0.2) is 0 Å². The number of nitrogens with two attached hydrogens (primary N) is 1. The van der Waals surface area contributed by atoms with E-state index in [2.05, 4.69) is 0 Å². The topological polar surface area (TPSA) is 78.7 Å². The van der Waals surface area contributed by atoms with Gasteiger partial charge in [0.15, 0.2) is 0 Å². The quantitative estimate of drug-likeness (QED) is 0.304. The van der Waals surface area contributed by atoms with Crippen molar-refractivity contribution in [2.75, 3.05) is 34.2 Å². The van der Waals surface area contributed by atoms with Crippen LogP contribution in [-0.4, -0.2) is 55.8 Å². The zero-order valence-electron chi connectivity index (χ0n) is 8.20. The highest BCUT2D eigenvalue weighted by atomic mass is 16.2. The molecule has 3 N–H and O–H groups in total. The molecule has 0 aliphatic heterocycles. The summed E-state index contributed by atoms with van der Waals surface area (Å²) in [5.74, 6) is 4.53. The van der Waals surface area contributed by atoms with Crippen molar-refractivity contribution in [1.82, 2.24) is 15.2 Å². The summed E-state index contributed by atoms with van der Waals surface area (Å²) in [5.41, 5.74) is 1.99. The molecular formula is C7H16N4O2. The van der Waals surface area contributed by atoms with Crippen molar-refractivity contribution < 1.29 is 9.59 Å². The summed E-state index contributed by atoms with van der Waals surface area (Å²) < 4.78 is 0. The Hall–Kier alpha value is -1.14. The molecule has 0 saturated heterocycles. The molecule has 0 aliphatic rings. The van der Waals surface area contributed by atoms with E-state index in [4.69, 9.17) is 5.84 Å². The molecule has 0 heterocycles. The summed E-state index contributed by atoms with van der Waals surface area (Å²) in [7, 11) is 5.01. The highest BCUT2D eigenvalue weighted by molar-refractivity contribution is 5.80. The SMILES string of the molecule is CN(CC(=O)NN)CC(=O)N(C)C. The van der Waals surface area contributed by atoms with Crippen LogP contribution in [0.25, 0.3) is 0 Å². The normalized spacial score (nSPS) is 9.92. The molecule has 0 saturated carbocycles. The Morgan fingerprint density at radius 1 is 1.23 bits per heavy atom. The molecule has 0 aromatic heterocycles. The first-order valence-corrected chi connectivity index (χ1v) is 3.85. The van der Waals surface area contributed by atoms with Crippen molar-refractivity contribution in [2.24, 2.45) is 5.84 Å². The van der Waals surface area contributed by atoms with E-state index >= 15 is 0 Å². The summed E-state index contributed by atoms with van der Waals surface area (Å²) in [6, 6.07) is 0. The fourth-order valence-corrected chi connectivity index (χ4v) is 0.719. The van der Waals surface area contributed by atoms with E-state index in [1.54, 1.807) is 26.0 Å². The van der Waals surface area contributed by atoms with Crippen molar-refractivity contribution in [1.29, 1.82) is 0 Å². The van der Waals surface area contributed by atoms with Crippen LogP contribution in [0.5, 0.6) is 0 Å². The van der Waals surface area contributed by atoms with Gasteiger partial charge in [-0.05, 0) is 7.05 Å². The van der Waals surface area contributed by atoms with Crippen LogP contribution in [0, 0.1) is 0 Å². The van der Waals surface area contributed by atoms with Gasteiger partial charge in [0.2, 0.25) is 11.8 Å². The molecule has 0 bridgehead atoms. The second-order valence-electron chi connectivity index (χ2n) is 3.03. The number of hydrogen-bond donors (Lipinski definition) is 2. The van der Waals surface area contributed by atoms with E-state index in [1.807, 2.05) is 5.43 Å². The van der Waals surface area contributed by atoms with Gasteiger partial charge in [0.1, 0.15) is 0 Å². The van der Waals surface area contributed by atoms with Crippen LogP contribution in [0.1, 0.15) is 0 Å². The number of hydrazine groups is 1. The second-order valence-corrected chi connectivity index (χ2v) is 3.03. The average molecular weight is 188 g/mol.